The van der Waals surface area contributed by atoms with E-state index in [1.165, 1.54) is 4.90 Å². The largest absolute Gasteiger partial charge is 0.460 e. The van der Waals surface area contributed by atoms with Crippen LogP contribution in [0.5, 0.6) is 0 Å². The van der Waals surface area contributed by atoms with Gasteiger partial charge in [0.05, 0.1) is 25.1 Å². The number of cyclic esters (lactones) is 1. The van der Waals surface area contributed by atoms with Crippen LogP contribution in [0.1, 0.15) is 65.2 Å². The van der Waals surface area contributed by atoms with Gasteiger partial charge in [0.2, 0.25) is 17.7 Å². The second-order valence-corrected chi connectivity index (χ2v) is 12.6. The molecule has 0 aromatic rings. The molecule has 4 heterocycles. The fraction of sp³-hybridized carbons (Fsp3) is 0.724. The highest BCUT2D eigenvalue weighted by atomic mass is 79.9. The standard InChI is InChI=1S/C29H40BrN3O7/c1-3-18(16-34)33-25-27(37)32(19-10-6-4-7-11-19)13-9-5-8-12-21(35)31-15-17(2)39-28(38)22-23(26(33)36)29(25)14-20(30)24(22)40-29/h5,9,14,17-19,22-25,34H,3-4,6-8,10-13,15-16H2,1-2H3,(H,31,35)/b9-5-/t17-,18-,22+,23-,24+,25+,29-/m0/s1. The molecule has 2 N–H and O–H groups in total. The molecule has 7 atom stereocenters. The van der Waals surface area contributed by atoms with E-state index in [9.17, 15) is 24.3 Å². The van der Waals surface area contributed by atoms with Gasteiger partial charge in [-0.1, -0.05) is 54.3 Å². The Morgan fingerprint density at radius 1 is 1.15 bits per heavy atom. The monoisotopic (exact) mass is 621 g/mol. The molecule has 1 saturated carbocycles. The third-order valence-electron chi connectivity index (χ3n) is 9.15. The third kappa shape index (κ3) is 5.02. The van der Waals surface area contributed by atoms with Gasteiger partial charge in [0.25, 0.3) is 0 Å². The van der Waals surface area contributed by atoms with E-state index in [2.05, 4.69) is 21.2 Å². The summed E-state index contributed by atoms with van der Waals surface area (Å²) in [5.74, 6) is -3.27. The van der Waals surface area contributed by atoms with Gasteiger partial charge in [-0.25, -0.2) is 0 Å². The molecule has 0 aromatic carbocycles. The van der Waals surface area contributed by atoms with Crippen LogP contribution in [0, 0.1) is 11.8 Å². The van der Waals surface area contributed by atoms with E-state index < -0.39 is 47.7 Å². The van der Waals surface area contributed by atoms with Crippen LogP contribution < -0.4 is 5.32 Å². The van der Waals surface area contributed by atoms with E-state index >= 15 is 0 Å². The first-order valence-electron chi connectivity index (χ1n) is 14.6. The average Bonchev–Trinajstić information content (AvgIpc) is 3.53. The molecular formula is C29H40BrN3O7. The van der Waals surface area contributed by atoms with Gasteiger partial charge in [0, 0.05) is 23.5 Å². The van der Waals surface area contributed by atoms with E-state index in [4.69, 9.17) is 9.47 Å². The summed E-state index contributed by atoms with van der Waals surface area (Å²) < 4.78 is 12.9. The summed E-state index contributed by atoms with van der Waals surface area (Å²) in [6.45, 7) is 3.75. The Morgan fingerprint density at radius 2 is 1.90 bits per heavy atom. The minimum atomic E-state index is -1.36. The van der Waals surface area contributed by atoms with Crippen LogP contribution in [-0.2, 0) is 28.7 Å². The smallest absolute Gasteiger partial charge is 0.313 e. The topological polar surface area (TPSA) is 125 Å². The quantitative estimate of drug-likeness (QED) is 0.364. The van der Waals surface area contributed by atoms with Gasteiger partial charge in [0.1, 0.15) is 29.8 Å². The number of likely N-dealkylation sites (tertiary alicyclic amines) is 1. The van der Waals surface area contributed by atoms with Crippen molar-refractivity contribution in [3.8, 4) is 0 Å². The van der Waals surface area contributed by atoms with Crippen LogP contribution in [0.2, 0.25) is 0 Å². The van der Waals surface area contributed by atoms with Crippen molar-refractivity contribution < 1.29 is 33.8 Å². The molecule has 10 nitrogen and oxygen atoms in total. The van der Waals surface area contributed by atoms with Crippen LogP contribution >= 0.6 is 15.9 Å². The summed E-state index contributed by atoms with van der Waals surface area (Å²) in [4.78, 5) is 58.2. The Bertz CT molecular complexity index is 1090. The number of carbonyl (C=O) groups is 4. The van der Waals surface area contributed by atoms with Crippen molar-refractivity contribution in [3.63, 3.8) is 0 Å². The molecule has 5 aliphatic rings. The molecule has 0 unspecified atom stereocenters. The lowest BCUT2D eigenvalue weighted by atomic mass is 9.74. The molecule has 11 heteroatoms. The number of hydrogen-bond donors (Lipinski definition) is 2. The molecular weight excluding hydrogens is 582 g/mol. The van der Waals surface area contributed by atoms with Crippen molar-refractivity contribution in [3.05, 3.63) is 22.7 Å². The van der Waals surface area contributed by atoms with Crippen LogP contribution in [0.15, 0.2) is 22.7 Å². The molecule has 5 rings (SSSR count). The Balaban J connectivity index is 1.60. The van der Waals surface area contributed by atoms with E-state index in [0.29, 0.717) is 23.9 Å². The second-order valence-electron chi connectivity index (χ2n) is 11.7. The molecule has 1 spiro atoms. The molecule has 3 amide bonds. The maximum Gasteiger partial charge on any atom is 0.313 e. The first-order chi connectivity index (χ1) is 19.2. The Hall–Kier alpha value is -2.24. The average molecular weight is 623 g/mol. The predicted molar refractivity (Wildman–Crippen MR) is 149 cm³/mol. The van der Waals surface area contributed by atoms with E-state index in [1.807, 2.05) is 24.0 Å². The van der Waals surface area contributed by atoms with E-state index in [-0.39, 0.29) is 43.3 Å². The van der Waals surface area contributed by atoms with Crippen molar-refractivity contribution >= 4 is 39.6 Å². The normalized spacial score (nSPS) is 37.2. The number of amides is 3. The molecule has 2 saturated heterocycles. The van der Waals surface area contributed by atoms with Crippen LogP contribution in [0.4, 0.5) is 0 Å². The number of ether oxygens (including phenoxy) is 2. The predicted octanol–water partition coefficient (Wildman–Crippen LogP) is 2.19. The van der Waals surface area contributed by atoms with Gasteiger partial charge in [-0.2, -0.15) is 0 Å². The first-order valence-corrected chi connectivity index (χ1v) is 15.4. The van der Waals surface area contributed by atoms with Gasteiger partial charge in [-0.05, 0) is 38.7 Å². The van der Waals surface area contributed by atoms with Crippen molar-refractivity contribution in [2.75, 3.05) is 19.7 Å². The number of aliphatic hydroxyl groups excluding tert-OH is 1. The lowest BCUT2D eigenvalue weighted by Crippen LogP contribution is -2.60. The number of hydrogen-bond acceptors (Lipinski definition) is 7. The maximum atomic E-state index is 14.7. The first kappa shape index (κ1) is 29.3. The molecule has 0 radical (unpaired) electrons. The number of fused-ring (bicyclic) bond motifs is 2. The number of esters is 1. The number of carbonyl (C=O) groups excluding carboxylic acids is 4. The SMILES string of the molecule is CC[C@@H](CO)N1C(=O)[C@@H]2[C@H]3C(=O)O[C@@H](C)CNC(=O)CC/C=C\CN(C4CCCCC4)C(=O)[C@@H]1[C@]21C=C(Br)[C@H]3O1. The fourth-order valence-electron chi connectivity index (χ4n) is 7.17. The minimum absolute atomic E-state index is 0.00511. The van der Waals surface area contributed by atoms with Crippen molar-refractivity contribution in [2.24, 2.45) is 11.8 Å². The van der Waals surface area contributed by atoms with Gasteiger partial charge in [-0.3, -0.25) is 19.2 Å². The number of nitrogens with one attached hydrogen (secondary N) is 1. The summed E-state index contributed by atoms with van der Waals surface area (Å²) in [7, 11) is 0. The number of nitrogens with zero attached hydrogens (tertiary/aromatic N) is 2. The molecule has 5 bridgehead atoms. The van der Waals surface area contributed by atoms with Gasteiger partial charge >= 0.3 is 5.97 Å². The number of allylic oxidation sites excluding steroid dienone is 1. The van der Waals surface area contributed by atoms with E-state index in [1.54, 1.807) is 13.0 Å². The lowest BCUT2D eigenvalue weighted by molar-refractivity contribution is -0.159. The van der Waals surface area contributed by atoms with Crippen LogP contribution in [0.25, 0.3) is 0 Å². The van der Waals surface area contributed by atoms with Crippen LogP contribution in [-0.4, -0.2) is 94.2 Å². The zero-order valence-corrected chi connectivity index (χ0v) is 24.8. The Morgan fingerprint density at radius 3 is 2.60 bits per heavy atom. The second kappa shape index (κ2) is 11.9. The van der Waals surface area contributed by atoms with Crippen LogP contribution in [0.3, 0.4) is 0 Å². The van der Waals surface area contributed by atoms with Gasteiger partial charge in [-0.15, -0.1) is 0 Å². The number of aliphatic hydroxyl groups is 1. The fourth-order valence-corrected chi connectivity index (χ4v) is 7.90. The molecule has 4 aliphatic heterocycles. The summed E-state index contributed by atoms with van der Waals surface area (Å²) in [6, 6.07) is -1.62. The Labute approximate surface area is 243 Å². The highest BCUT2D eigenvalue weighted by molar-refractivity contribution is 9.11. The molecule has 1 aliphatic carbocycles. The molecule has 220 valence electrons. The summed E-state index contributed by atoms with van der Waals surface area (Å²) in [5.41, 5.74) is -1.36. The van der Waals surface area contributed by atoms with Crippen molar-refractivity contribution in [2.45, 2.75) is 101 Å². The zero-order valence-electron chi connectivity index (χ0n) is 23.2. The molecule has 40 heavy (non-hydrogen) atoms. The molecule has 0 aromatic heterocycles. The molecule has 3 fully saturated rings. The Kier molecular flexibility index (Phi) is 8.73. The van der Waals surface area contributed by atoms with Gasteiger partial charge in [0.15, 0.2) is 0 Å². The maximum absolute atomic E-state index is 14.7. The van der Waals surface area contributed by atoms with Gasteiger partial charge < -0.3 is 29.7 Å². The van der Waals surface area contributed by atoms with E-state index in [0.717, 1.165) is 32.1 Å². The minimum Gasteiger partial charge on any atom is -0.460 e. The lowest BCUT2D eigenvalue weighted by Gasteiger charge is -2.41. The summed E-state index contributed by atoms with van der Waals surface area (Å²) in [5, 5.41) is 13.1. The third-order valence-corrected chi connectivity index (χ3v) is 9.83. The highest BCUT2D eigenvalue weighted by Crippen LogP contribution is 2.59. The zero-order chi connectivity index (χ0) is 28.6. The number of halogens is 1. The van der Waals surface area contributed by atoms with Crippen molar-refractivity contribution in [1.29, 1.82) is 0 Å². The number of rotatable bonds is 4. The summed E-state index contributed by atoms with van der Waals surface area (Å²) >= 11 is 3.56. The summed E-state index contributed by atoms with van der Waals surface area (Å²) in [6.07, 6.45) is 10.4. The van der Waals surface area contributed by atoms with Crippen molar-refractivity contribution in [1.82, 2.24) is 15.1 Å². The highest BCUT2D eigenvalue weighted by Gasteiger charge is 2.75.